The van der Waals surface area contributed by atoms with Crippen LogP contribution in [0.1, 0.15) is 26.3 Å². The number of benzene rings is 1. The fraction of sp³-hybridized carbons (Fsp3) is 0.400. The lowest BCUT2D eigenvalue weighted by molar-refractivity contribution is 0.0501. The maximum atomic E-state index is 11.4. The second-order valence-electron chi connectivity index (χ2n) is 5.39. The first kappa shape index (κ1) is 15.2. The zero-order valence-corrected chi connectivity index (χ0v) is 11.8. The summed E-state index contributed by atoms with van der Waals surface area (Å²) >= 11 is 0. The molecule has 0 aromatic heterocycles. The van der Waals surface area contributed by atoms with Gasteiger partial charge in [0.2, 0.25) is 0 Å². The largest absolute Gasteiger partial charge is 0.443 e. The van der Waals surface area contributed by atoms with E-state index in [-0.39, 0.29) is 0 Å². The lowest BCUT2D eigenvalue weighted by atomic mass is 10.1. The van der Waals surface area contributed by atoms with Crippen LogP contribution in [0.2, 0.25) is 0 Å². The molecule has 1 rings (SSSR count). The molecule has 1 aromatic rings. The summed E-state index contributed by atoms with van der Waals surface area (Å²) in [6.07, 6.45) is 0.295. The Hall–Kier alpha value is -1.81. The van der Waals surface area contributed by atoms with E-state index in [1.54, 1.807) is 0 Å². The Morgan fingerprint density at radius 2 is 1.89 bits per heavy atom. The monoisotopic (exact) mass is 262 g/mol. The maximum absolute atomic E-state index is 11.4. The van der Waals surface area contributed by atoms with Gasteiger partial charge in [-0.25, -0.2) is 10.2 Å². The molecule has 0 bridgehead atoms. The lowest BCUT2D eigenvalue weighted by Crippen LogP contribution is -2.42. The van der Waals surface area contributed by atoms with Gasteiger partial charge in [0.05, 0.1) is 0 Å². The van der Waals surface area contributed by atoms with Gasteiger partial charge in [-0.2, -0.15) is 0 Å². The van der Waals surface area contributed by atoms with Crippen LogP contribution in [0, 0.1) is 0 Å². The van der Waals surface area contributed by atoms with Crippen LogP contribution in [0.15, 0.2) is 42.5 Å². The highest BCUT2D eigenvalue weighted by Crippen LogP contribution is 2.06. The Labute approximate surface area is 114 Å². The normalized spacial score (nSPS) is 10.9. The molecule has 0 heterocycles. The van der Waals surface area contributed by atoms with Crippen molar-refractivity contribution in [1.82, 2.24) is 10.9 Å². The predicted molar refractivity (Wildman–Crippen MR) is 76.7 cm³/mol. The number of hydrogen-bond acceptors (Lipinski definition) is 3. The highest BCUT2D eigenvalue weighted by atomic mass is 16.6. The molecule has 2 N–H and O–H groups in total. The van der Waals surface area contributed by atoms with E-state index in [9.17, 15) is 4.79 Å². The number of nitrogens with one attached hydrogen (secondary N) is 2. The lowest BCUT2D eigenvalue weighted by Gasteiger charge is -2.20. The highest BCUT2D eigenvalue weighted by molar-refractivity contribution is 5.67. The average molecular weight is 262 g/mol. The number of carbonyl (C=O) groups is 1. The summed E-state index contributed by atoms with van der Waals surface area (Å²) in [5, 5.41) is 0. The molecule has 0 atom stereocenters. The van der Waals surface area contributed by atoms with Crippen molar-refractivity contribution in [2.75, 3.05) is 6.54 Å². The maximum Gasteiger partial charge on any atom is 0.422 e. The van der Waals surface area contributed by atoms with Crippen LogP contribution in [-0.4, -0.2) is 18.2 Å². The Kier molecular flexibility index (Phi) is 5.57. The second kappa shape index (κ2) is 6.95. The van der Waals surface area contributed by atoms with Crippen molar-refractivity contribution >= 4 is 6.09 Å². The van der Waals surface area contributed by atoms with E-state index in [0.717, 1.165) is 12.0 Å². The van der Waals surface area contributed by atoms with E-state index in [1.807, 2.05) is 51.1 Å². The molecule has 104 valence electrons. The predicted octanol–water partition coefficient (Wildman–Crippen LogP) is 2.81. The Bertz CT molecular complexity index is 422. The number of rotatable bonds is 5. The third-order valence-electron chi connectivity index (χ3n) is 2.22. The summed E-state index contributed by atoms with van der Waals surface area (Å²) in [4.78, 5) is 11.4. The standard InChI is InChI=1S/C15H22N2O2/c1-12(10-13-8-6-5-7-9-13)11-16-17-14(18)19-15(2,3)4/h5-9,16H,1,10-11H2,2-4H3,(H,17,18). The first-order valence-corrected chi connectivity index (χ1v) is 6.29. The fourth-order valence-corrected chi connectivity index (χ4v) is 1.49. The molecule has 0 saturated heterocycles. The molecule has 0 spiro atoms. The fourth-order valence-electron chi connectivity index (χ4n) is 1.49. The van der Waals surface area contributed by atoms with Crippen LogP contribution < -0.4 is 10.9 Å². The molecule has 0 saturated carbocycles. The van der Waals surface area contributed by atoms with Crippen molar-refractivity contribution in [1.29, 1.82) is 0 Å². The zero-order valence-electron chi connectivity index (χ0n) is 11.8. The minimum Gasteiger partial charge on any atom is -0.443 e. The third kappa shape index (κ3) is 7.26. The molecule has 4 nitrogen and oxygen atoms in total. The van der Waals surface area contributed by atoms with Crippen molar-refractivity contribution < 1.29 is 9.53 Å². The van der Waals surface area contributed by atoms with Gasteiger partial charge in [-0.1, -0.05) is 42.5 Å². The smallest absolute Gasteiger partial charge is 0.422 e. The first-order valence-electron chi connectivity index (χ1n) is 6.29. The van der Waals surface area contributed by atoms with E-state index in [4.69, 9.17) is 4.74 Å². The summed E-state index contributed by atoms with van der Waals surface area (Å²) in [6, 6.07) is 10.1. The van der Waals surface area contributed by atoms with Crippen molar-refractivity contribution in [2.45, 2.75) is 32.8 Å². The van der Waals surface area contributed by atoms with Crippen molar-refractivity contribution in [3.05, 3.63) is 48.0 Å². The van der Waals surface area contributed by atoms with Gasteiger partial charge in [-0.15, -0.1) is 0 Å². The molecule has 0 unspecified atom stereocenters. The van der Waals surface area contributed by atoms with E-state index >= 15 is 0 Å². The van der Waals surface area contributed by atoms with Crippen LogP contribution in [0.25, 0.3) is 0 Å². The van der Waals surface area contributed by atoms with Crippen molar-refractivity contribution in [3.63, 3.8) is 0 Å². The van der Waals surface area contributed by atoms with Crippen LogP contribution in [-0.2, 0) is 11.2 Å². The summed E-state index contributed by atoms with van der Waals surface area (Å²) in [7, 11) is 0. The number of carbonyl (C=O) groups excluding carboxylic acids is 1. The van der Waals surface area contributed by atoms with E-state index in [1.165, 1.54) is 5.56 Å². The molecule has 1 amide bonds. The molecule has 0 fully saturated rings. The zero-order chi connectivity index (χ0) is 14.3. The third-order valence-corrected chi connectivity index (χ3v) is 2.22. The Morgan fingerprint density at radius 3 is 2.47 bits per heavy atom. The Morgan fingerprint density at radius 1 is 1.26 bits per heavy atom. The van der Waals surface area contributed by atoms with E-state index in [0.29, 0.717) is 6.54 Å². The van der Waals surface area contributed by atoms with Gasteiger partial charge in [0.1, 0.15) is 5.60 Å². The number of hydrogen-bond donors (Lipinski definition) is 2. The molecule has 19 heavy (non-hydrogen) atoms. The molecular weight excluding hydrogens is 240 g/mol. The van der Waals surface area contributed by atoms with Crippen LogP contribution >= 0.6 is 0 Å². The molecule has 1 aromatic carbocycles. The SMILES string of the molecule is C=C(CNNC(=O)OC(C)(C)C)Cc1ccccc1. The molecule has 0 aliphatic rings. The summed E-state index contributed by atoms with van der Waals surface area (Å²) in [6.45, 7) is 9.94. The van der Waals surface area contributed by atoms with E-state index < -0.39 is 11.7 Å². The molecular formula is C15H22N2O2. The Balaban J connectivity index is 2.23. The van der Waals surface area contributed by atoms with Gasteiger partial charge in [-0.05, 0) is 32.8 Å². The van der Waals surface area contributed by atoms with Crippen LogP contribution in [0.3, 0.4) is 0 Å². The van der Waals surface area contributed by atoms with Gasteiger partial charge in [0.15, 0.2) is 0 Å². The van der Waals surface area contributed by atoms with Crippen LogP contribution in [0.5, 0.6) is 0 Å². The average Bonchev–Trinajstić information content (AvgIpc) is 2.27. The van der Waals surface area contributed by atoms with Gasteiger partial charge >= 0.3 is 6.09 Å². The highest BCUT2D eigenvalue weighted by Gasteiger charge is 2.15. The van der Waals surface area contributed by atoms with E-state index in [2.05, 4.69) is 17.4 Å². The molecule has 4 heteroatoms. The summed E-state index contributed by atoms with van der Waals surface area (Å²) in [5.74, 6) is 0. The number of amides is 1. The minimum atomic E-state index is -0.493. The van der Waals surface area contributed by atoms with Gasteiger partial charge in [0, 0.05) is 6.54 Å². The van der Waals surface area contributed by atoms with Gasteiger partial charge in [0.25, 0.3) is 0 Å². The quantitative estimate of drug-likeness (QED) is 0.633. The van der Waals surface area contributed by atoms with Crippen molar-refractivity contribution in [2.24, 2.45) is 0 Å². The minimum absolute atomic E-state index is 0.486. The van der Waals surface area contributed by atoms with Gasteiger partial charge < -0.3 is 4.74 Å². The van der Waals surface area contributed by atoms with Gasteiger partial charge in [-0.3, -0.25) is 5.43 Å². The topological polar surface area (TPSA) is 50.4 Å². The summed E-state index contributed by atoms with van der Waals surface area (Å²) in [5.41, 5.74) is 6.98. The van der Waals surface area contributed by atoms with Crippen molar-refractivity contribution in [3.8, 4) is 0 Å². The number of ether oxygens (including phenoxy) is 1. The second-order valence-corrected chi connectivity index (χ2v) is 5.39. The molecule has 0 radical (unpaired) electrons. The number of hydrazine groups is 1. The van der Waals surface area contributed by atoms with Crippen LogP contribution in [0.4, 0.5) is 4.79 Å². The molecule has 0 aliphatic carbocycles. The molecule has 0 aliphatic heterocycles. The summed E-state index contributed by atoms with van der Waals surface area (Å²) < 4.78 is 5.10. The first-order chi connectivity index (χ1) is 8.87.